The topological polar surface area (TPSA) is 39.4 Å². The lowest BCUT2D eigenvalue weighted by molar-refractivity contribution is 0.187. The summed E-state index contributed by atoms with van der Waals surface area (Å²) >= 11 is -1.18. The molecule has 1 aromatic rings. The SMILES string of the molecule is O=S1OC(c2ccoc2)C2CCC=CC21. The first-order valence-corrected chi connectivity index (χ1v) is 6.26. The van der Waals surface area contributed by atoms with E-state index in [2.05, 4.69) is 6.08 Å². The second-order valence-electron chi connectivity index (χ2n) is 3.97. The van der Waals surface area contributed by atoms with Crippen molar-refractivity contribution in [1.82, 2.24) is 0 Å². The molecule has 0 spiro atoms. The number of furan rings is 1. The Kier molecular flexibility index (Phi) is 2.25. The van der Waals surface area contributed by atoms with E-state index < -0.39 is 11.1 Å². The second kappa shape index (κ2) is 3.61. The van der Waals surface area contributed by atoms with Crippen molar-refractivity contribution in [2.45, 2.75) is 24.2 Å². The fourth-order valence-electron chi connectivity index (χ4n) is 2.33. The number of rotatable bonds is 1. The summed E-state index contributed by atoms with van der Waals surface area (Å²) in [5, 5.41) is 0.0682. The van der Waals surface area contributed by atoms with Crippen LogP contribution in [-0.2, 0) is 15.3 Å². The molecule has 4 unspecified atom stereocenters. The Hall–Kier alpha value is -0.870. The summed E-state index contributed by atoms with van der Waals surface area (Å²) < 4.78 is 22.3. The van der Waals surface area contributed by atoms with Gasteiger partial charge < -0.3 is 4.42 Å². The lowest BCUT2D eigenvalue weighted by Gasteiger charge is -2.20. The molecule has 0 radical (unpaired) electrons. The van der Waals surface area contributed by atoms with Crippen LogP contribution >= 0.6 is 0 Å². The molecule has 3 rings (SSSR count). The first kappa shape index (κ1) is 9.36. The molecule has 0 N–H and O–H groups in total. The molecule has 15 heavy (non-hydrogen) atoms. The van der Waals surface area contributed by atoms with Crippen molar-refractivity contribution in [3.63, 3.8) is 0 Å². The molecule has 2 heterocycles. The normalized spacial score (nSPS) is 39.2. The van der Waals surface area contributed by atoms with Crippen molar-refractivity contribution in [2.24, 2.45) is 5.92 Å². The molecule has 3 nitrogen and oxygen atoms in total. The van der Waals surface area contributed by atoms with Crippen LogP contribution in [0.1, 0.15) is 24.5 Å². The lowest BCUT2D eigenvalue weighted by Crippen LogP contribution is -2.20. The minimum atomic E-state index is -1.18. The minimum Gasteiger partial charge on any atom is -0.472 e. The Bertz CT molecular complexity index is 396. The van der Waals surface area contributed by atoms with E-state index in [1.807, 2.05) is 12.1 Å². The molecule has 0 amide bonds. The van der Waals surface area contributed by atoms with Crippen LogP contribution in [0, 0.1) is 5.92 Å². The summed E-state index contributed by atoms with van der Waals surface area (Å²) in [6, 6.07) is 1.89. The van der Waals surface area contributed by atoms with Gasteiger partial charge >= 0.3 is 0 Å². The van der Waals surface area contributed by atoms with Crippen LogP contribution in [0.2, 0.25) is 0 Å². The zero-order valence-electron chi connectivity index (χ0n) is 8.17. The van der Waals surface area contributed by atoms with Gasteiger partial charge in [-0.2, -0.15) is 0 Å². The summed E-state index contributed by atoms with van der Waals surface area (Å²) in [4.78, 5) is 0. The Morgan fingerprint density at radius 2 is 2.40 bits per heavy atom. The van der Waals surface area contributed by atoms with E-state index in [0.717, 1.165) is 18.4 Å². The van der Waals surface area contributed by atoms with Crippen molar-refractivity contribution in [3.05, 3.63) is 36.3 Å². The second-order valence-corrected chi connectivity index (χ2v) is 5.23. The van der Waals surface area contributed by atoms with Gasteiger partial charge in [0, 0.05) is 11.5 Å². The van der Waals surface area contributed by atoms with Crippen LogP contribution < -0.4 is 0 Å². The van der Waals surface area contributed by atoms with Crippen LogP contribution in [0.3, 0.4) is 0 Å². The third-order valence-electron chi connectivity index (χ3n) is 3.10. The molecule has 1 saturated heterocycles. The van der Waals surface area contributed by atoms with E-state index in [-0.39, 0.29) is 11.4 Å². The molecule has 1 aliphatic heterocycles. The van der Waals surface area contributed by atoms with E-state index in [9.17, 15) is 4.21 Å². The van der Waals surface area contributed by atoms with Gasteiger partial charge in [-0.05, 0) is 18.9 Å². The van der Waals surface area contributed by atoms with Crippen molar-refractivity contribution in [2.75, 3.05) is 0 Å². The quantitative estimate of drug-likeness (QED) is 0.687. The Balaban J connectivity index is 1.93. The molecule has 1 aromatic heterocycles. The van der Waals surface area contributed by atoms with E-state index in [1.165, 1.54) is 0 Å². The van der Waals surface area contributed by atoms with Gasteiger partial charge in [-0.15, -0.1) is 0 Å². The highest BCUT2D eigenvalue weighted by Crippen LogP contribution is 2.43. The Morgan fingerprint density at radius 1 is 1.47 bits per heavy atom. The van der Waals surface area contributed by atoms with Crippen LogP contribution in [-0.4, -0.2) is 9.46 Å². The van der Waals surface area contributed by atoms with Crippen molar-refractivity contribution in [3.8, 4) is 0 Å². The highest BCUT2D eigenvalue weighted by Gasteiger charge is 2.43. The molecule has 1 fully saturated rings. The molecule has 4 atom stereocenters. The summed E-state index contributed by atoms with van der Waals surface area (Å²) in [6.45, 7) is 0. The van der Waals surface area contributed by atoms with Gasteiger partial charge in [-0.25, -0.2) is 4.21 Å². The average Bonchev–Trinajstić information content (AvgIpc) is 2.87. The van der Waals surface area contributed by atoms with E-state index in [1.54, 1.807) is 12.5 Å². The van der Waals surface area contributed by atoms with Gasteiger partial charge in [0.15, 0.2) is 11.1 Å². The molecule has 2 aliphatic rings. The smallest absolute Gasteiger partial charge is 0.163 e. The van der Waals surface area contributed by atoms with E-state index in [4.69, 9.17) is 8.60 Å². The van der Waals surface area contributed by atoms with Crippen LogP contribution in [0.4, 0.5) is 0 Å². The van der Waals surface area contributed by atoms with Crippen molar-refractivity contribution in [1.29, 1.82) is 0 Å². The predicted octanol–water partition coefficient (Wildman–Crippen LogP) is 2.35. The largest absolute Gasteiger partial charge is 0.472 e. The third-order valence-corrected chi connectivity index (χ3v) is 4.44. The molecule has 1 aliphatic carbocycles. The zero-order chi connectivity index (χ0) is 10.3. The lowest BCUT2D eigenvalue weighted by atomic mass is 9.86. The van der Waals surface area contributed by atoms with Crippen molar-refractivity contribution >= 4 is 11.1 Å². The molecule has 0 aromatic carbocycles. The first-order valence-electron chi connectivity index (χ1n) is 5.13. The summed E-state index contributed by atoms with van der Waals surface area (Å²) in [5.41, 5.74) is 1.01. The monoisotopic (exact) mass is 224 g/mol. The van der Waals surface area contributed by atoms with E-state index >= 15 is 0 Å². The maximum atomic E-state index is 11.7. The number of hydrogen-bond donors (Lipinski definition) is 0. The molecule has 4 heteroatoms. The van der Waals surface area contributed by atoms with Gasteiger partial charge in [-0.1, -0.05) is 12.2 Å². The standard InChI is InChI=1S/C11H12O3S/c12-15-10-4-2-1-3-9(10)11(14-15)8-5-6-13-7-8/h2,4-7,9-11H,1,3H2. The maximum Gasteiger partial charge on any atom is 0.163 e. The molecule has 0 saturated carbocycles. The minimum absolute atomic E-state index is 0.0560. The van der Waals surface area contributed by atoms with Crippen LogP contribution in [0.5, 0.6) is 0 Å². The Labute approximate surface area is 90.8 Å². The molecular weight excluding hydrogens is 212 g/mol. The van der Waals surface area contributed by atoms with Crippen LogP contribution in [0.15, 0.2) is 35.2 Å². The average molecular weight is 224 g/mol. The third kappa shape index (κ3) is 1.48. The summed E-state index contributed by atoms with van der Waals surface area (Å²) in [7, 11) is 0. The highest BCUT2D eigenvalue weighted by atomic mass is 32.2. The van der Waals surface area contributed by atoms with Gasteiger partial charge in [0.25, 0.3) is 0 Å². The number of allylic oxidation sites excluding steroid dienone is 1. The summed E-state index contributed by atoms with van der Waals surface area (Å²) in [6.07, 6.45) is 9.49. The van der Waals surface area contributed by atoms with E-state index in [0.29, 0.717) is 5.92 Å². The zero-order valence-corrected chi connectivity index (χ0v) is 8.98. The molecular formula is C11H12O3S. The maximum absolute atomic E-state index is 11.7. The summed E-state index contributed by atoms with van der Waals surface area (Å²) in [5.74, 6) is 0.341. The van der Waals surface area contributed by atoms with Crippen molar-refractivity contribution < 1.29 is 12.8 Å². The molecule has 0 bridgehead atoms. The molecule has 80 valence electrons. The van der Waals surface area contributed by atoms with Gasteiger partial charge in [0.05, 0.1) is 17.8 Å². The van der Waals surface area contributed by atoms with Crippen LogP contribution in [0.25, 0.3) is 0 Å². The fourth-order valence-corrected chi connectivity index (χ4v) is 3.72. The highest BCUT2D eigenvalue weighted by molar-refractivity contribution is 7.81. The van der Waals surface area contributed by atoms with Gasteiger partial charge in [-0.3, -0.25) is 4.18 Å². The number of fused-ring (bicyclic) bond motifs is 1. The fraction of sp³-hybridized carbons (Fsp3) is 0.455. The van der Waals surface area contributed by atoms with Gasteiger partial charge in [0.2, 0.25) is 0 Å². The number of hydrogen-bond acceptors (Lipinski definition) is 3. The predicted molar refractivity (Wildman–Crippen MR) is 56.3 cm³/mol. The van der Waals surface area contributed by atoms with Gasteiger partial charge in [0.1, 0.15) is 6.10 Å². The first-order chi connectivity index (χ1) is 7.36. The Morgan fingerprint density at radius 3 is 3.20 bits per heavy atom.